The molecule has 1 aromatic carbocycles. The van der Waals surface area contributed by atoms with Crippen molar-refractivity contribution in [2.75, 3.05) is 7.11 Å². The molecule has 2 saturated carbocycles. The van der Waals surface area contributed by atoms with E-state index >= 15 is 0 Å². The van der Waals surface area contributed by atoms with E-state index in [9.17, 15) is 4.79 Å². The highest BCUT2D eigenvalue weighted by Crippen LogP contribution is 2.59. The van der Waals surface area contributed by atoms with Gasteiger partial charge in [0, 0.05) is 11.8 Å². The lowest BCUT2D eigenvalue weighted by Crippen LogP contribution is -2.54. The number of hydrogen-bond donors (Lipinski definition) is 0. The van der Waals surface area contributed by atoms with Gasteiger partial charge in [0.2, 0.25) is 0 Å². The summed E-state index contributed by atoms with van der Waals surface area (Å²) in [6.45, 7) is 7.05. The van der Waals surface area contributed by atoms with E-state index < -0.39 is 0 Å². The molecule has 2 nitrogen and oxygen atoms in total. The number of carbonyl (C=O) groups is 1. The van der Waals surface area contributed by atoms with Gasteiger partial charge in [-0.2, -0.15) is 0 Å². The van der Waals surface area contributed by atoms with Crippen molar-refractivity contribution in [1.29, 1.82) is 0 Å². The van der Waals surface area contributed by atoms with E-state index in [2.05, 4.69) is 39.0 Å². The molecule has 2 aliphatic rings. The predicted molar refractivity (Wildman–Crippen MR) is 93.7 cm³/mol. The predicted octanol–water partition coefficient (Wildman–Crippen LogP) is 5.05. The van der Waals surface area contributed by atoms with E-state index in [1.165, 1.54) is 12.0 Å². The maximum absolute atomic E-state index is 12.7. The van der Waals surface area contributed by atoms with Gasteiger partial charge in [0.25, 0.3) is 0 Å². The molecule has 3 rings (SSSR count). The smallest absolute Gasteiger partial charge is 0.139 e. The molecule has 0 N–H and O–H groups in total. The average Bonchev–Trinajstić information content (AvgIpc) is 2.54. The van der Waals surface area contributed by atoms with Crippen molar-refractivity contribution in [1.82, 2.24) is 0 Å². The Bertz CT molecular complexity index is 593. The van der Waals surface area contributed by atoms with Crippen LogP contribution in [0.4, 0.5) is 0 Å². The minimum atomic E-state index is -0.110. The van der Waals surface area contributed by atoms with Gasteiger partial charge in [0.05, 0.1) is 7.11 Å². The standard InChI is InChI=1S/C21H30O2/c1-15-12-13-20(2)18(10-7-11-19(20)22)21(15,3)14-16-8-5-6-9-17(16)23-4/h5-6,8-9,15,18H,7,10-14H2,1-4H3/t15-,18+,20+,21+/m0/s1. The number of para-hydroxylation sites is 1. The third kappa shape index (κ3) is 2.60. The van der Waals surface area contributed by atoms with Crippen LogP contribution in [0.5, 0.6) is 5.75 Å². The van der Waals surface area contributed by atoms with Crippen LogP contribution in [0.1, 0.15) is 58.4 Å². The van der Waals surface area contributed by atoms with Crippen molar-refractivity contribution in [3.05, 3.63) is 29.8 Å². The minimum absolute atomic E-state index is 0.110. The number of methoxy groups -OCH3 is 1. The Morgan fingerprint density at radius 2 is 1.96 bits per heavy atom. The summed E-state index contributed by atoms with van der Waals surface area (Å²) in [5.41, 5.74) is 1.34. The molecule has 1 aromatic rings. The molecule has 2 heteroatoms. The summed E-state index contributed by atoms with van der Waals surface area (Å²) >= 11 is 0. The van der Waals surface area contributed by atoms with Gasteiger partial charge in [0.15, 0.2) is 0 Å². The molecule has 0 radical (unpaired) electrons. The molecule has 2 aliphatic carbocycles. The molecular formula is C21H30O2. The third-order valence-corrected chi connectivity index (χ3v) is 7.09. The Morgan fingerprint density at radius 1 is 1.22 bits per heavy atom. The molecule has 126 valence electrons. The molecule has 0 aliphatic heterocycles. The van der Waals surface area contributed by atoms with Gasteiger partial charge >= 0.3 is 0 Å². The Labute approximate surface area is 140 Å². The molecule has 0 aromatic heterocycles. The highest BCUT2D eigenvalue weighted by molar-refractivity contribution is 5.85. The summed E-state index contributed by atoms with van der Waals surface area (Å²) in [6, 6.07) is 8.37. The average molecular weight is 314 g/mol. The molecule has 0 unspecified atom stereocenters. The Balaban J connectivity index is 1.98. The molecule has 4 atom stereocenters. The normalized spacial score (nSPS) is 37.3. The number of rotatable bonds is 3. The van der Waals surface area contributed by atoms with Crippen LogP contribution in [0.2, 0.25) is 0 Å². The zero-order valence-corrected chi connectivity index (χ0v) is 15.0. The van der Waals surface area contributed by atoms with Gasteiger partial charge in [-0.25, -0.2) is 0 Å². The summed E-state index contributed by atoms with van der Waals surface area (Å²) in [5, 5.41) is 0. The van der Waals surface area contributed by atoms with Crippen molar-refractivity contribution in [2.45, 2.75) is 59.3 Å². The zero-order valence-electron chi connectivity index (χ0n) is 15.0. The first-order chi connectivity index (χ1) is 10.9. The molecule has 0 spiro atoms. The number of Topliss-reactive ketones (excluding diaryl/α,β-unsaturated/α-hetero) is 1. The second kappa shape index (κ2) is 5.96. The topological polar surface area (TPSA) is 26.3 Å². The highest BCUT2D eigenvalue weighted by Gasteiger charge is 2.56. The number of ether oxygens (including phenoxy) is 1. The molecule has 2 fully saturated rings. The van der Waals surface area contributed by atoms with Crippen LogP contribution >= 0.6 is 0 Å². The summed E-state index contributed by atoms with van der Waals surface area (Å²) in [5.74, 6) is 2.61. The van der Waals surface area contributed by atoms with Gasteiger partial charge in [-0.05, 0) is 61.0 Å². The molecular weight excluding hydrogens is 284 g/mol. The number of benzene rings is 1. The summed E-state index contributed by atoms with van der Waals surface area (Å²) in [4.78, 5) is 12.7. The van der Waals surface area contributed by atoms with Crippen LogP contribution in [-0.4, -0.2) is 12.9 Å². The maximum Gasteiger partial charge on any atom is 0.139 e. The second-order valence-electron chi connectivity index (χ2n) is 8.22. The van der Waals surface area contributed by atoms with Crippen LogP contribution in [0.15, 0.2) is 24.3 Å². The highest BCUT2D eigenvalue weighted by atomic mass is 16.5. The first-order valence-corrected chi connectivity index (χ1v) is 9.07. The van der Waals surface area contributed by atoms with Crippen molar-refractivity contribution in [3.63, 3.8) is 0 Å². The molecule has 0 saturated heterocycles. The Morgan fingerprint density at radius 3 is 2.70 bits per heavy atom. The number of fused-ring (bicyclic) bond motifs is 1. The lowest BCUT2D eigenvalue weighted by molar-refractivity contribution is -0.148. The molecule has 0 heterocycles. The maximum atomic E-state index is 12.7. The minimum Gasteiger partial charge on any atom is -0.496 e. The molecule has 0 amide bonds. The van der Waals surface area contributed by atoms with Crippen LogP contribution in [0, 0.1) is 22.7 Å². The number of carbonyl (C=O) groups excluding carboxylic acids is 1. The first-order valence-electron chi connectivity index (χ1n) is 9.07. The van der Waals surface area contributed by atoms with Crippen molar-refractivity contribution in [3.8, 4) is 5.75 Å². The van der Waals surface area contributed by atoms with E-state index in [-0.39, 0.29) is 10.8 Å². The number of ketones is 1. The van der Waals surface area contributed by atoms with Gasteiger partial charge in [-0.15, -0.1) is 0 Å². The quantitative estimate of drug-likeness (QED) is 0.780. The second-order valence-corrected chi connectivity index (χ2v) is 8.22. The summed E-state index contributed by atoms with van der Waals surface area (Å²) in [7, 11) is 1.75. The fraction of sp³-hybridized carbons (Fsp3) is 0.667. The summed E-state index contributed by atoms with van der Waals surface area (Å²) in [6.07, 6.45) is 6.27. The lowest BCUT2D eigenvalue weighted by atomic mass is 9.46. The van der Waals surface area contributed by atoms with Crippen molar-refractivity contribution < 1.29 is 9.53 Å². The monoisotopic (exact) mass is 314 g/mol. The van der Waals surface area contributed by atoms with Crippen molar-refractivity contribution in [2.24, 2.45) is 22.7 Å². The van der Waals surface area contributed by atoms with E-state index in [1.54, 1.807) is 7.11 Å². The van der Waals surface area contributed by atoms with Crippen molar-refractivity contribution >= 4 is 5.78 Å². The van der Waals surface area contributed by atoms with Gasteiger partial charge < -0.3 is 4.74 Å². The fourth-order valence-electron chi connectivity index (χ4n) is 5.38. The van der Waals surface area contributed by atoms with E-state index in [0.29, 0.717) is 17.6 Å². The van der Waals surface area contributed by atoms with Crippen LogP contribution in [-0.2, 0) is 11.2 Å². The number of hydrogen-bond acceptors (Lipinski definition) is 2. The van der Waals surface area contributed by atoms with Crippen LogP contribution in [0.3, 0.4) is 0 Å². The van der Waals surface area contributed by atoms with Crippen LogP contribution in [0.25, 0.3) is 0 Å². The lowest BCUT2D eigenvalue weighted by Gasteiger charge is -2.57. The van der Waals surface area contributed by atoms with E-state index in [1.807, 2.05) is 6.07 Å². The van der Waals surface area contributed by atoms with Crippen LogP contribution < -0.4 is 4.74 Å². The third-order valence-electron chi connectivity index (χ3n) is 7.09. The molecule has 23 heavy (non-hydrogen) atoms. The largest absolute Gasteiger partial charge is 0.496 e. The zero-order chi connectivity index (χ0) is 16.7. The van der Waals surface area contributed by atoms with Gasteiger partial charge in [-0.1, -0.05) is 39.0 Å². The fourth-order valence-corrected chi connectivity index (χ4v) is 5.38. The van der Waals surface area contributed by atoms with Gasteiger partial charge in [-0.3, -0.25) is 4.79 Å². The van der Waals surface area contributed by atoms with E-state index in [4.69, 9.17) is 4.74 Å². The first kappa shape index (κ1) is 16.5. The van der Waals surface area contributed by atoms with Gasteiger partial charge in [0.1, 0.15) is 11.5 Å². The SMILES string of the molecule is COc1ccccc1C[C@]1(C)[C@@H](C)CC[C@@]2(C)C(=O)CCC[C@@H]12. The Kier molecular flexibility index (Phi) is 4.29. The Hall–Kier alpha value is -1.31. The van der Waals surface area contributed by atoms with E-state index in [0.717, 1.165) is 37.9 Å². The summed E-state index contributed by atoms with van der Waals surface area (Å²) < 4.78 is 5.58. The molecule has 0 bridgehead atoms.